The summed E-state index contributed by atoms with van der Waals surface area (Å²) in [5.74, 6) is -4.11. The van der Waals surface area contributed by atoms with E-state index in [2.05, 4.69) is 15.0 Å². The molecule has 0 amide bonds. The van der Waals surface area contributed by atoms with E-state index in [1.807, 2.05) is 10.6 Å². The number of allylic oxidation sites excluding steroid dienone is 1. The summed E-state index contributed by atoms with van der Waals surface area (Å²) in [6.45, 7) is 1.37. The second-order valence-electron chi connectivity index (χ2n) is 6.31. The van der Waals surface area contributed by atoms with Crippen molar-refractivity contribution in [1.82, 2.24) is 15.0 Å². The number of halogens is 8. The van der Waals surface area contributed by atoms with Gasteiger partial charge in [-0.05, 0) is 26.7 Å². The molecule has 1 aliphatic rings. The fourth-order valence-electron chi connectivity index (χ4n) is 2.21. The Hall–Kier alpha value is -2.25. The third-order valence-electron chi connectivity index (χ3n) is 4.01. The van der Waals surface area contributed by atoms with E-state index >= 15 is 0 Å². The van der Waals surface area contributed by atoms with Crippen LogP contribution >= 0.6 is 0 Å². The monoisotopic (exact) mass is 436 g/mol. The summed E-state index contributed by atoms with van der Waals surface area (Å²) in [6, 6.07) is -4.46. The fourth-order valence-corrected chi connectivity index (χ4v) is 2.21. The van der Waals surface area contributed by atoms with Crippen LogP contribution in [0.3, 0.4) is 0 Å². The van der Waals surface area contributed by atoms with Crippen molar-refractivity contribution in [2.24, 2.45) is 0 Å². The number of aliphatic hydroxyl groups is 1. The zero-order valence-corrected chi connectivity index (χ0v) is 15.0. The average Bonchev–Trinajstić information content (AvgIpc) is 2.58. The van der Waals surface area contributed by atoms with Crippen LogP contribution < -0.4 is 10.6 Å². The van der Waals surface area contributed by atoms with E-state index in [1.54, 1.807) is 0 Å². The van der Waals surface area contributed by atoms with Crippen molar-refractivity contribution in [3.8, 4) is 0 Å². The van der Waals surface area contributed by atoms with Crippen LogP contribution in [0.2, 0.25) is 0 Å². The molecule has 1 aliphatic carbocycles. The van der Waals surface area contributed by atoms with Crippen molar-refractivity contribution in [2.45, 2.75) is 63.4 Å². The summed E-state index contributed by atoms with van der Waals surface area (Å²) in [5.41, 5.74) is -0.630. The number of nitrogens with zero attached hydrogens (tertiary/aromatic N) is 3. The highest BCUT2D eigenvalue weighted by atomic mass is 19.4. The van der Waals surface area contributed by atoms with E-state index in [0.717, 1.165) is 0 Å². The Bertz CT molecular complexity index is 773. The Kier molecular flexibility index (Phi) is 6.10. The van der Waals surface area contributed by atoms with E-state index in [-0.39, 0.29) is 0 Å². The fraction of sp³-hybridized carbons (Fsp3) is 0.667. The van der Waals surface area contributed by atoms with Crippen LogP contribution in [-0.2, 0) is 0 Å². The minimum absolute atomic E-state index is 0.458. The summed E-state index contributed by atoms with van der Waals surface area (Å²) in [4.78, 5) is 10.5. The maximum atomic E-state index is 14.4. The molecule has 0 bridgehead atoms. The smallest absolute Gasteiger partial charge is 0.383 e. The number of nitrogens with one attached hydrogen (secondary N) is 2. The number of alkyl halides is 7. The Morgan fingerprint density at radius 1 is 1.00 bits per heavy atom. The summed E-state index contributed by atoms with van der Waals surface area (Å²) in [6.07, 6.45) is -16.1. The first-order valence-corrected chi connectivity index (χ1v) is 8.22. The first kappa shape index (κ1) is 21.5. The van der Waals surface area contributed by atoms with Gasteiger partial charge >= 0.3 is 12.4 Å². The van der Waals surface area contributed by atoms with Crippen LogP contribution in [0.1, 0.15) is 33.9 Å². The highest BCUT2D eigenvalue weighted by Crippen LogP contribution is 2.34. The third kappa shape index (κ3) is 5.64. The predicted octanol–water partition coefficient (Wildman–Crippen LogP) is 3.77. The highest BCUT2D eigenvalue weighted by Gasteiger charge is 2.39. The van der Waals surface area contributed by atoms with Gasteiger partial charge in [0.25, 0.3) is 0 Å². The van der Waals surface area contributed by atoms with E-state index in [1.165, 1.54) is 0 Å². The first-order valence-electron chi connectivity index (χ1n) is 8.72. The van der Waals surface area contributed by atoms with Gasteiger partial charge in [-0.3, -0.25) is 0 Å². The molecule has 0 spiro atoms. The molecule has 6 nitrogen and oxygen atoms in total. The van der Waals surface area contributed by atoms with Crippen LogP contribution in [0.25, 0.3) is 5.57 Å². The van der Waals surface area contributed by atoms with Crippen molar-refractivity contribution in [3.05, 3.63) is 11.7 Å². The van der Waals surface area contributed by atoms with Gasteiger partial charge in [-0.25, -0.2) is 8.78 Å². The normalized spacial score (nSPS) is 26.0. The maximum Gasteiger partial charge on any atom is 0.408 e. The van der Waals surface area contributed by atoms with Crippen LogP contribution in [-0.4, -0.2) is 56.7 Å². The van der Waals surface area contributed by atoms with E-state index < -0.39 is 78.7 Å². The van der Waals surface area contributed by atoms with E-state index in [0.29, 0.717) is 13.8 Å². The summed E-state index contributed by atoms with van der Waals surface area (Å²) in [5, 5.41) is 13.3. The molecule has 0 saturated carbocycles. The largest absolute Gasteiger partial charge is 0.408 e. The van der Waals surface area contributed by atoms with Crippen LogP contribution in [0.4, 0.5) is 47.0 Å². The van der Waals surface area contributed by atoms with Gasteiger partial charge in [-0.15, -0.1) is 0 Å². The average molecular weight is 436 g/mol. The molecule has 1 aromatic heterocycles. The third-order valence-corrected chi connectivity index (χ3v) is 4.01. The van der Waals surface area contributed by atoms with Gasteiger partial charge in [0, 0.05) is 5.57 Å². The van der Waals surface area contributed by atoms with Crippen LogP contribution in [0, 0.1) is 0 Å². The number of aromatic nitrogens is 3. The lowest BCUT2D eigenvalue weighted by molar-refractivity contribution is -0.139. The van der Waals surface area contributed by atoms with Gasteiger partial charge in [0.05, 0.1) is 1.37 Å². The van der Waals surface area contributed by atoms with E-state index in [9.17, 15) is 40.2 Å². The number of rotatable bonds is 5. The Balaban J connectivity index is 2.52. The molecule has 164 valence electrons. The van der Waals surface area contributed by atoms with Gasteiger partial charge in [-0.1, -0.05) is 0 Å². The van der Waals surface area contributed by atoms with Crippen molar-refractivity contribution < 1.29 is 41.6 Å². The molecule has 1 aromatic rings. The van der Waals surface area contributed by atoms with Gasteiger partial charge in [-0.2, -0.15) is 41.3 Å². The molecule has 4 atom stereocenters. The maximum absolute atomic E-state index is 14.4. The quantitative estimate of drug-likeness (QED) is 0.610. The lowest BCUT2D eigenvalue weighted by Crippen LogP contribution is -2.35. The van der Waals surface area contributed by atoms with Crippen LogP contribution in [0.15, 0.2) is 5.83 Å². The molecule has 0 saturated heterocycles. The molecule has 2 rings (SSSR count). The first-order chi connectivity index (χ1) is 13.5. The molecule has 0 unspecified atom stereocenters. The standard InChI is InChI=1S/C15H17F8N5O/c1-5(14(18,19)20)24-12-26-11(7-3-4-8(16)10(29)9(7)17)27-13(28-12)25-6(2)15(21,22)23/h5-6,8,10,29H,3-4H2,1-2H3,(H2,24,25,26,27,28)/t5-,6-,8-,10+/m1/s1/i10D. The SMILES string of the molecule is [2H][C@@]1(O)C(F)=C(c2nc(N[C@H](C)C(F)(F)F)nc(N[C@H](C)C(F)(F)F)n2)CC[C@H]1F. The second kappa shape index (κ2) is 8.24. The predicted molar refractivity (Wildman–Crippen MR) is 86.3 cm³/mol. The van der Waals surface area contributed by atoms with Crippen molar-refractivity contribution in [1.29, 1.82) is 0 Å². The molecule has 29 heavy (non-hydrogen) atoms. The van der Waals surface area contributed by atoms with Gasteiger partial charge in [0.15, 0.2) is 5.82 Å². The zero-order chi connectivity index (χ0) is 23.1. The lowest BCUT2D eigenvalue weighted by Gasteiger charge is -2.24. The van der Waals surface area contributed by atoms with Crippen molar-refractivity contribution in [3.63, 3.8) is 0 Å². The minimum atomic E-state index is -4.77. The van der Waals surface area contributed by atoms with Crippen molar-refractivity contribution >= 4 is 17.5 Å². The molecular weight excluding hydrogens is 418 g/mol. The molecule has 0 aliphatic heterocycles. The van der Waals surface area contributed by atoms with Gasteiger partial charge in [0.2, 0.25) is 11.9 Å². The Morgan fingerprint density at radius 3 is 1.86 bits per heavy atom. The molecule has 0 aromatic carbocycles. The Morgan fingerprint density at radius 2 is 1.45 bits per heavy atom. The second-order valence-corrected chi connectivity index (χ2v) is 6.31. The summed E-state index contributed by atoms with van der Waals surface area (Å²) < 4.78 is 112. The number of hydrogen-bond donors (Lipinski definition) is 3. The van der Waals surface area contributed by atoms with Gasteiger partial charge in [0.1, 0.15) is 30.2 Å². The molecule has 3 N–H and O–H groups in total. The number of anilines is 2. The molecule has 0 radical (unpaired) electrons. The lowest BCUT2D eigenvalue weighted by atomic mass is 9.94. The molecule has 1 heterocycles. The Labute approximate surface area is 160 Å². The van der Waals surface area contributed by atoms with Crippen LogP contribution in [0.5, 0.6) is 0 Å². The van der Waals surface area contributed by atoms with Gasteiger partial charge < -0.3 is 15.7 Å². The minimum Gasteiger partial charge on any atom is -0.383 e. The molecule has 14 heteroatoms. The topological polar surface area (TPSA) is 83.0 Å². The number of hydrogen-bond acceptors (Lipinski definition) is 6. The summed E-state index contributed by atoms with van der Waals surface area (Å²) in [7, 11) is 0. The zero-order valence-electron chi connectivity index (χ0n) is 16.0. The molecular formula is C15H17F8N5O. The molecule has 0 fully saturated rings. The summed E-state index contributed by atoms with van der Waals surface area (Å²) >= 11 is 0. The highest BCUT2D eigenvalue weighted by molar-refractivity contribution is 5.65. The van der Waals surface area contributed by atoms with E-state index in [4.69, 9.17) is 1.37 Å². The van der Waals surface area contributed by atoms with Crippen molar-refractivity contribution in [2.75, 3.05) is 10.6 Å².